The standard InChI is InChI=1S/C36H34N2/c1-6-11-15-26-38-29-25-32-20-12-13-21-34(32)36(38)23-22-35-33(10-5)31(18-8-3)24-28-37(35)27-16-14-19-30(9-4)17-7-2/h1,5,7-9,17-18,20-21,24-25,28-29H,2,4,11-13,15-16,26-27H2,3H3/q+2/b18-8-,30-17+. The monoisotopic (exact) mass is 494 g/mol. The molecule has 0 bridgehead atoms. The molecule has 3 rings (SSSR count). The van der Waals surface area contributed by atoms with Gasteiger partial charge >= 0.3 is 0 Å². The summed E-state index contributed by atoms with van der Waals surface area (Å²) in [4.78, 5) is 0. The van der Waals surface area contributed by atoms with Gasteiger partial charge in [0.25, 0.3) is 11.4 Å². The third-order valence-corrected chi connectivity index (χ3v) is 6.15. The van der Waals surface area contributed by atoms with Crippen LogP contribution in [0.4, 0.5) is 0 Å². The van der Waals surface area contributed by atoms with E-state index in [1.54, 1.807) is 12.2 Å². The highest BCUT2D eigenvalue weighted by Gasteiger charge is 2.18. The topological polar surface area (TPSA) is 7.76 Å². The number of terminal acetylenes is 2. The quantitative estimate of drug-likeness (QED) is 0.226. The molecule has 0 fully saturated rings. The van der Waals surface area contributed by atoms with Crippen LogP contribution in [-0.4, -0.2) is 0 Å². The van der Waals surface area contributed by atoms with Gasteiger partial charge in [0.2, 0.25) is 0 Å². The molecule has 186 valence electrons. The molecule has 0 aromatic carbocycles. The van der Waals surface area contributed by atoms with E-state index >= 15 is 0 Å². The van der Waals surface area contributed by atoms with Crippen LogP contribution < -0.4 is 19.6 Å². The van der Waals surface area contributed by atoms with Crippen LogP contribution in [-0.2, 0) is 13.1 Å². The number of rotatable bonds is 8. The first-order chi connectivity index (χ1) is 18.7. The minimum absolute atomic E-state index is 0.643. The number of hydrogen-bond donors (Lipinski definition) is 0. The second kappa shape index (κ2) is 14.7. The van der Waals surface area contributed by atoms with Crippen LogP contribution in [0.15, 0.2) is 67.6 Å². The lowest BCUT2D eigenvalue weighted by Gasteiger charge is -2.05. The summed E-state index contributed by atoms with van der Waals surface area (Å²) in [6, 6.07) is 4.20. The predicted molar refractivity (Wildman–Crippen MR) is 158 cm³/mol. The molecule has 0 amide bonds. The fourth-order valence-electron chi connectivity index (χ4n) is 4.31. The van der Waals surface area contributed by atoms with Gasteiger partial charge < -0.3 is 0 Å². The summed E-state index contributed by atoms with van der Waals surface area (Å²) in [5.74, 6) is 19.0. The van der Waals surface area contributed by atoms with Crippen molar-refractivity contribution in [2.24, 2.45) is 0 Å². The lowest BCUT2D eigenvalue weighted by atomic mass is 10.0. The Bertz CT molecular complexity index is 1610. The Hall–Kier alpha value is -4.76. The zero-order chi connectivity index (χ0) is 27.2. The van der Waals surface area contributed by atoms with Gasteiger partial charge in [-0.3, -0.25) is 0 Å². The van der Waals surface area contributed by atoms with Crippen molar-refractivity contribution in [3.63, 3.8) is 0 Å². The van der Waals surface area contributed by atoms with E-state index in [4.69, 9.17) is 12.8 Å². The number of unbranched alkanes of at least 4 members (excludes halogenated alkanes) is 1. The van der Waals surface area contributed by atoms with Gasteiger partial charge in [-0.25, -0.2) is 0 Å². The van der Waals surface area contributed by atoms with E-state index in [0.29, 0.717) is 13.0 Å². The number of nitrogens with zero attached hydrogens (tertiary/aromatic N) is 2. The van der Waals surface area contributed by atoms with Crippen molar-refractivity contribution in [1.29, 1.82) is 0 Å². The number of pyridine rings is 2. The maximum atomic E-state index is 6.03. The lowest BCUT2D eigenvalue weighted by Crippen LogP contribution is -2.48. The van der Waals surface area contributed by atoms with Crippen LogP contribution in [0.3, 0.4) is 0 Å². The second-order valence-electron chi connectivity index (χ2n) is 8.72. The van der Waals surface area contributed by atoms with Crippen LogP contribution in [0.2, 0.25) is 0 Å². The van der Waals surface area contributed by atoms with Crippen molar-refractivity contribution < 1.29 is 9.13 Å². The molecular formula is C36H34N2+2. The highest BCUT2D eigenvalue weighted by atomic mass is 15.0. The van der Waals surface area contributed by atoms with Gasteiger partial charge in [-0.15, -0.1) is 18.8 Å². The largest absolute Gasteiger partial charge is 0.273 e. The summed E-state index contributed by atoms with van der Waals surface area (Å²) in [7, 11) is 0. The molecular weight excluding hydrogens is 460 g/mol. The molecule has 0 radical (unpaired) electrons. The average Bonchev–Trinajstić information content (AvgIpc) is 2.94. The van der Waals surface area contributed by atoms with E-state index in [1.165, 1.54) is 10.4 Å². The first-order valence-electron chi connectivity index (χ1n) is 12.9. The molecule has 0 spiro atoms. The lowest BCUT2D eigenvalue weighted by molar-refractivity contribution is -0.700. The Morgan fingerprint density at radius 3 is 2.50 bits per heavy atom. The summed E-state index contributed by atoms with van der Waals surface area (Å²) >= 11 is 0. The Balaban J connectivity index is 2.12. The van der Waals surface area contributed by atoms with Crippen molar-refractivity contribution in [3.8, 4) is 48.4 Å². The summed E-state index contributed by atoms with van der Waals surface area (Å²) in [6.45, 7) is 11.0. The zero-order valence-corrected chi connectivity index (χ0v) is 22.3. The van der Waals surface area contributed by atoms with Gasteiger partial charge in [0.15, 0.2) is 25.5 Å². The van der Waals surface area contributed by atoms with E-state index in [1.807, 2.05) is 37.4 Å². The summed E-state index contributed by atoms with van der Waals surface area (Å²) < 4.78 is 4.31. The minimum atomic E-state index is 0.643. The Morgan fingerprint density at radius 2 is 1.76 bits per heavy atom. The SMILES string of the molecule is C#CCCC[n+]1ccc2c(c1C#Cc1c(C#C)c(/C=C\C)cc[n+]1CCC#C/C(C=C)=C/C=C)=CCCC=2. The summed E-state index contributed by atoms with van der Waals surface area (Å²) in [5.41, 5.74) is 4.40. The zero-order valence-electron chi connectivity index (χ0n) is 22.3. The maximum absolute atomic E-state index is 6.03. The van der Waals surface area contributed by atoms with Crippen LogP contribution in [0.5, 0.6) is 0 Å². The molecule has 0 saturated heterocycles. The average molecular weight is 495 g/mol. The molecule has 2 heterocycles. The number of allylic oxidation sites excluding steroid dienone is 5. The number of aromatic nitrogens is 2. The fraction of sp³-hybridized carbons (Fsp3) is 0.222. The maximum Gasteiger partial charge on any atom is 0.273 e. The molecule has 38 heavy (non-hydrogen) atoms. The van der Waals surface area contributed by atoms with Crippen molar-refractivity contribution in [1.82, 2.24) is 0 Å². The van der Waals surface area contributed by atoms with E-state index in [2.05, 4.69) is 82.2 Å². The molecule has 2 aromatic heterocycles. The molecule has 0 N–H and O–H groups in total. The Kier molecular flexibility index (Phi) is 10.8. The van der Waals surface area contributed by atoms with Crippen LogP contribution in [0.1, 0.15) is 61.5 Å². The van der Waals surface area contributed by atoms with Crippen LogP contribution >= 0.6 is 0 Å². The van der Waals surface area contributed by atoms with Gasteiger partial charge in [0.1, 0.15) is 5.56 Å². The smallest absolute Gasteiger partial charge is 0.191 e. The van der Waals surface area contributed by atoms with Crippen molar-refractivity contribution in [3.05, 3.63) is 101 Å². The van der Waals surface area contributed by atoms with Crippen molar-refractivity contribution in [2.45, 2.75) is 52.1 Å². The predicted octanol–water partition coefficient (Wildman–Crippen LogP) is 4.14. The molecule has 0 aliphatic heterocycles. The first-order valence-corrected chi connectivity index (χ1v) is 12.9. The Labute approximate surface area is 228 Å². The van der Waals surface area contributed by atoms with Gasteiger partial charge in [-0.1, -0.05) is 67.4 Å². The van der Waals surface area contributed by atoms with E-state index in [9.17, 15) is 0 Å². The summed E-state index contributed by atoms with van der Waals surface area (Å²) in [6.07, 6.45) is 33.9. The molecule has 0 atom stereocenters. The first kappa shape index (κ1) is 27.8. The molecule has 2 aromatic rings. The highest BCUT2D eigenvalue weighted by molar-refractivity contribution is 5.61. The van der Waals surface area contributed by atoms with Gasteiger partial charge in [0, 0.05) is 48.0 Å². The van der Waals surface area contributed by atoms with Crippen molar-refractivity contribution in [2.75, 3.05) is 0 Å². The summed E-state index contributed by atoms with van der Waals surface area (Å²) in [5, 5.41) is 2.41. The number of hydrogen-bond acceptors (Lipinski definition) is 0. The van der Waals surface area contributed by atoms with E-state index in [0.717, 1.165) is 60.3 Å². The van der Waals surface area contributed by atoms with E-state index < -0.39 is 0 Å². The fourth-order valence-corrected chi connectivity index (χ4v) is 4.31. The molecule has 1 aliphatic carbocycles. The molecule has 2 heteroatoms. The third-order valence-electron chi connectivity index (χ3n) is 6.15. The van der Waals surface area contributed by atoms with Crippen LogP contribution in [0.25, 0.3) is 18.2 Å². The molecule has 0 saturated carbocycles. The minimum Gasteiger partial charge on any atom is -0.191 e. The normalized spacial score (nSPS) is 11.8. The third kappa shape index (κ3) is 7.14. The highest BCUT2D eigenvalue weighted by Crippen LogP contribution is 2.12. The molecule has 0 unspecified atom stereocenters. The van der Waals surface area contributed by atoms with Gasteiger partial charge in [-0.2, -0.15) is 9.13 Å². The van der Waals surface area contributed by atoms with Gasteiger partial charge in [0.05, 0.1) is 11.6 Å². The van der Waals surface area contributed by atoms with Crippen LogP contribution in [0, 0.1) is 48.4 Å². The van der Waals surface area contributed by atoms with E-state index in [-0.39, 0.29) is 0 Å². The second-order valence-corrected chi connectivity index (χ2v) is 8.72. The molecule has 2 nitrogen and oxygen atoms in total. The van der Waals surface area contributed by atoms with Crippen molar-refractivity contribution >= 4 is 18.2 Å². The number of aryl methyl sites for hydroxylation is 2. The molecule has 1 aliphatic rings. The Morgan fingerprint density at radius 1 is 1.00 bits per heavy atom. The number of fused-ring (bicyclic) bond motifs is 1. The van der Waals surface area contributed by atoms with Gasteiger partial charge in [-0.05, 0) is 31.1 Å².